The predicted octanol–water partition coefficient (Wildman–Crippen LogP) is 4.76. The first-order valence-electron chi connectivity index (χ1n) is 8.66. The van der Waals surface area contributed by atoms with Crippen LogP contribution in [0.15, 0.2) is 59.2 Å². The molecular formula is C21H18ClN3O2. The number of aromatic amines is 1. The molecule has 0 saturated heterocycles. The number of nitrogens with zero attached hydrogens (tertiary/aromatic N) is 1. The Morgan fingerprint density at radius 1 is 1.19 bits per heavy atom. The maximum atomic E-state index is 12.3. The summed E-state index contributed by atoms with van der Waals surface area (Å²) in [6.45, 7) is 2.50. The summed E-state index contributed by atoms with van der Waals surface area (Å²) in [5, 5.41) is 4.47. The van der Waals surface area contributed by atoms with Crippen LogP contribution in [0, 0.1) is 6.92 Å². The van der Waals surface area contributed by atoms with E-state index in [1.54, 1.807) is 18.4 Å². The van der Waals surface area contributed by atoms with E-state index >= 15 is 0 Å². The average molecular weight is 380 g/mol. The molecule has 5 nitrogen and oxygen atoms in total. The zero-order valence-electron chi connectivity index (χ0n) is 14.8. The predicted molar refractivity (Wildman–Crippen MR) is 106 cm³/mol. The number of halogens is 1. The Morgan fingerprint density at radius 3 is 2.81 bits per heavy atom. The number of fused-ring (bicyclic) bond motifs is 1. The third kappa shape index (κ3) is 3.88. The Morgan fingerprint density at radius 2 is 2.00 bits per heavy atom. The highest BCUT2D eigenvalue weighted by atomic mass is 35.5. The lowest BCUT2D eigenvalue weighted by atomic mass is 10.1. The first kappa shape index (κ1) is 17.4. The van der Waals surface area contributed by atoms with E-state index in [-0.39, 0.29) is 5.91 Å². The molecular weight excluding hydrogens is 362 g/mol. The molecule has 0 bridgehead atoms. The number of benzene rings is 2. The van der Waals surface area contributed by atoms with Gasteiger partial charge in [0.15, 0.2) is 0 Å². The summed E-state index contributed by atoms with van der Waals surface area (Å²) >= 11 is 5.98. The number of aromatic nitrogens is 2. The van der Waals surface area contributed by atoms with Gasteiger partial charge in [-0.15, -0.1) is 0 Å². The van der Waals surface area contributed by atoms with Crippen LogP contribution in [0.5, 0.6) is 0 Å². The minimum Gasteiger partial charge on any atom is -0.444 e. The van der Waals surface area contributed by atoms with Gasteiger partial charge in [-0.3, -0.25) is 4.79 Å². The number of aryl methyl sites for hydroxylation is 1. The molecule has 0 spiro atoms. The van der Waals surface area contributed by atoms with E-state index in [1.165, 1.54) is 5.56 Å². The molecule has 136 valence electrons. The molecule has 0 atom stereocenters. The number of amides is 1. The fourth-order valence-electron chi connectivity index (χ4n) is 2.87. The minimum atomic E-state index is -0.162. The van der Waals surface area contributed by atoms with Crippen LogP contribution < -0.4 is 5.32 Å². The Kier molecular flexibility index (Phi) is 4.69. The van der Waals surface area contributed by atoms with Crippen molar-refractivity contribution < 1.29 is 9.21 Å². The SMILES string of the molecule is Cc1ccc(-c2nc(CCNC(=O)c3cc4ccc(Cl)cc4[nH]3)co2)cc1. The number of hydrogen-bond donors (Lipinski definition) is 2. The van der Waals surface area contributed by atoms with E-state index in [9.17, 15) is 4.79 Å². The second-order valence-corrected chi connectivity index (χ2v) is 6.87. The lowest BCUT2D eigenvalue weighted by Gasteiger charge is -2.01. The van der Waals surface area contributed by atoms with Gasteiger partial charge in [-0.25, -0.2) is 4.98 Å². The third-order valence-corrected chi connectivity index (χ3v) is 4.58. The van der Waals surface area contributed by atoms with E-state index in [2.05, 4.69) is 15.3 Å². The molecule has 0 aliphatic heterocycles. The monoisotopic (exact) mass is 379 g/mol. The number of H-pyrrole nitrogens is 1. The van der Waals surface area contributed by atoms with Gasteiger partial charge in [0.2, 0.25) is 5.89 Å². The first-order valence-corrected chi connectivity index (χ1v) is 9.04. The Hall–Kier alpha value is -3.05. The van der Waals surface area contributed by atoms with Crippen LogP contribution in [0.3, 0.4) is 0 Å². The molecule has 4 aromatic rings. The summed E-state index contributed by atoms with van der Waals surface area (Å²) in [7, 11) is 0. The van der Waals surface area contributed by atoms with E-state index in [0.717, 1.165) is 22.2 Å². The maximum absolute atomic E-state index is 12.3. The van der Waals surface area contributed by atoms with Crippen LogP contribution in [0.1, 0.15) is 21.7 Å². The quantitative estimate of drug-likeness (QED) is 0.525. The summed E-state index contributed by atoms with van der Waals surface area (Å²) in [4.78, 5) is 19.9. The number of carbonyl (C=O) groups is 1. The summed E-state index contributed by atoms with van der Waals surface area (Å²) in [6, 6.07) is 15.3. The van der Waals surface area contributed by atoms with E-state index < -0.39 is 0 Å². The Balaban J connectivity index is 1.36. The van der Waals surface area contributed by atoms with Crippen LogP contribution in [0.2, 0.25) is 5.02 Å². The third-order valence-electron chi connectivity index (χ3n) is 4.35. The van der Waals surface area contributed by atoms with Crippen LogP contribution in [-0.4, -0.2) is 22.4 Å². The lowest BCUT2D eigenvalue weighted by molar-refractivity contribution is 0.0950. The van der Waals surface area contributed by atoms with Crippen LogP contribution >= 0.6 is 11.6 Å². The average Bonchev–Trinajstić information content (AvgIpc) is 3.29. The van der Waals surface area contributed by atoms with Gasteiger partial charge in [0.1, 0.15) is 12.0 Å². The fraction of sp³-hybridized carbons (Fsp3) is 0.143. The Bertz CT molecular complexity index is 1100. The lowest BCUT2D eigenvalue weighted by Crippen LogP contribution is -2.26. The first-order chi connectivity index (χ1) is 13.1. The van der Waals surface area contributed by atoms with Gasteiger partial charge in [-0.1, -0.05) is 35.4 Å². The van der Waals surface area contributed by atoms with Crippen molar-refractivity contribution in [3.8, 4) is 11.5 Å². The second kappa shape index (κ2) is 7.29. The number of hydrogen-bond acceptors (Lipinski definition) is 3. The van der Waals surface area contributed by atoms with E-state index in [1.807, 2.05) is 43.3 Å². The fourth-order valence-corrected chi connectivity index (χ4v) is 3.04. The molecule has 2 heterocycles. The minimum absolute atomic E-state index is 0.162. The van der Waals surface area contributed by atoms with Crippen molar-refractivity contribution in [1.82, 2.24) is 15.3 Å². The molecule has 0 unspecified atom stereocenters. The molecule has 0 aliphatic carbocycles. The van der Waals surface area contributed by atoms with Crippen molar-refractivity contribution in [2.75, 3.05) is 6.54 Å². The number of carbonyl (C=O) groups excluding carboxylic acids is 1. The van der Waals surface area contributed by atoms with Crippen molar-refractivity contribution in [2.45, 2.75) is 13.3 Å². The maximum Gasteiger partial charge on any atom is 0.267 e. The normalized spacial score (nSPS) is 11.0. The highest BCUT2D eigenvalue weighted by molar-refractivity contribution is 6.31. The highest BCUT2D eigenvalue weighted by Crippen LogP contribution is 2.20. The van der Waals surface area contributed by atoms with Gasteiger partial charge in [0.25, 0.3) is 5.91 Å². The number of oxazole rings is 1. The number of nitrogens with one attached hydrogen (secondary N) is 2. The Labute approximate surface area is 161 Å². The highest BCUT2D eigenvalue weighted by Gasteiger charge is 2.11. The second-order valence-electron chi connectivity index (χ2n) is 6.43. The summed E-state index contributed by atoms with van der Waals surface area (Å²) < 4.78 is 5.54. The smallest absolute Gasteiger partial charge is 0.267 e. The zero-order valence-corrected chi connectivity index (χ0v) is 15.5. The molecule has 2 aromatic carbocycles. The molecule has 0 fully saturated rings. The molecule has 1 amide bonds. The number of rotatable bonds is 5. The van der Waals surface area contributed by atoms with Crippen LogP contribution in [0.25, 0.3) is 22.4 Å². The molecule has 4 rings (SSSR count). The molecule has 27 heavy (non-hydrogen) atoms. The van der Waals surface area contributed by atoms with Crippen molar-refractivity contribution in [3.63, 3.8) is 0 Å². The summed E-state index contributed by atoms with van der Waals surface area (Å²) in [5.41, 5.74) is 4.27. The van der Waals surface area contributed by atoms with Gasteiger partial charge in [-0.2, -0.15) is 0 Å². The summed E-state index contributed by atoms with van der Waals surface area (Å²) in [5.74, 6) is 0.424. The van der Waals surface area contributed by atoms with Gasteiger partial charge in [0, 0.05) is 34.5 Å². The van der Waals surface area contributed by atoms with Crippen molar-refractivity contribution in [1.29, 1.82) is 0 Å². The zero-order chi connectivity index (χ0) is 18.8. The van der Waals surface area contributed by atoms with Crippen molar-refractivity contribution in [3.05, 3.63) is 76.8 Å². The van der Waals surface area contributed by atoms with Crippen molar-refractivity contribution in [2.24, 2.45) is 0 Å². The van der Waals surface area contributed by atoms with Crippen molar-refractivity contribution >= 4 is 28.4 Å². The molecule has 6 heteroatoms. The van der Waals surface area contributed by atoms with Crippen LogP contribution in [-0.2, 0) is 6.42 Å². The topological polar surface area (TPSA) is 70.9 Å². The van der Waals surface area contributed by atoms with E-state index in [0.29, 0.717) is 29.6 Å². The van der Waals surface area contributed by atoms with Gasteiger partial charge in [-0.05, 0) is 37.3 Å². The largest absolute Gasteiger partial charge is 0.444 e. The standard InChI is InChI=1S/C21H18ClN3O2/c1-13-2-4-14(5-3-13)21-24-17(12-27-21)8-9-23-20(26)19-10-15-6-7-16(22)11-18(15)25-19/h2-7,10-12,25H,8-9H2,1H3,(H,23,26). The molecule has 2 aromatic heterocycles. The molecule has 0 radical (unpaired) electrons. The summed E-state index contributed by atoms with van der Waals surface area (Å²) in [6.07, 6.45) is 2.22. The van der Waals surface area contributed by atoms with Gasteiger partial charge in [0.05, 0.1) is 5.69 Å². The molecule has 2 N–H and O–H groups in total. The molecule has 0 saturated carbocycles. The van der Waals surface area contributed by atoms with Gasteiger partial charge >= 0.3 is 0 Å². The van der Waals surface area contributed by atoms with Gasteiger partial charge < -0.3 is 14.7 Å². The van der Waals surface area contributed by atoms with E-state index in [4.69, 9.17) is 16.0 Å². The molecule has 0 aliphatic rings. The van der Waals surface area contributed by atoms with Crippen LogP contribution in [0.4, 0.5) is 0 Å².